The molecule has 0 atom stereocenters. The van der Waals surface area contributed by atoms with Crippen LogP contribution in [0.25, 0.3) is 0 Å². The number of nitrogens with two attached hydrogens (primary N) is 1. The molecule has 0 aliphatic rings. The van der Waals surface area contributed by atoms with Crippen molar-refractivity contribution in [3.63, 3.8) is 0 Å². The lowest BCUT2D eigenvalue weighted by molar-refractivity contribution is 0.634. The monoisotopic (exact) mass is 215 g/mol. The molecule has 66 valence electrons. The molecule has 0 fully saturated rings. The van der Waals surface area contributed by atoms with Gasteiger partial charge in [0.1, 0.15) is 0 Å². The maximum atomic E-state index is 5.52. The largest absolute Gasteiger partial charge is 0.359 e. The zero-order chi connectivity index (χ0) is 7.82. The van der Waals surface area contributed by atoms with Crippen LogP contribution in [0, 0.1) is 17.9 Å². The van der Waals surface area contributed by atoms with Crippen molar-refractivity contribution < 1.29 is 0 Å². The second kappa shape index (κ2) is 10.2. The number of hydrogen-bond acceptors (Lipinski definition) is 1. The summed E-state index contributed by atoms with van der Waals surface area (Å²) in [6.45, 7) is 0. The molecule has 0 spiro atoms. The summed E-state index contributed by atoms with van der Waals surface area (Å²) in [5.41, 5.74) is 5.04. The first-order valence-corrected chi connectivity index (χ1v) is 4.25. The Kier molecular flexibility index (Phi) is 12.8. The Labute approximate surface area is 84.0 Å². The van der Waals surface area contributed by atoms with E-state index in [0.717, 1.165) is 12.8 Å². The van der Waals surface area contributed by atoms with Crippen LogP contribution in [0.5, 0.6) is 0 Å². The van der Waals surface area contributed by atoms with Crippen molar-refractivity contribution in [1.82, 2.24) is 0 Å². The SMILES string of the molecule is Cl.NC#CC(CCCl)CCCl. The third kappa shape index (κ3) is 8.13. The van der Waals surface area contributed by atoms with Gasteiger partial charge in [-0.15, -0.1) is 35.6 Å². The summed E-state index contributed by atoms with van der Waals surface area (Å²) in [5.74, 6) is 4.36. The van der Waals surface area contributed by atoms with Gasteiger partial charge in [-0.05, 0) is 12.8 Å². The maximum Gasteiger partial charge on any atom is 0.0243 e. The summed E-state index contributed by atoms with van der Waals surface area (Å²) in [5, 5.41) is 0. The van der Waals surface area contributed by atoms with Crippen LogP contribution in [0.1, 0.15) is 12.8 Å². The first-order valence-electron chi connectivity index (χ1n) is 3.18. The van der Waals surface area contributed by atoms with Gasteiger partial charge in [-0.25, -0.2) is 0 Å². The van der Waals surface area contributed by atoms with Gasteiger partial charge in [-0.3, -0.25) is 0 Å². The lowest BCUT2D eigenvalue weighted by Crippen LogP contribution is -2.00. The zero-order valence-electron chi connectivity index (χ0n) is 6.15. The third-order valence-electron chi connectivity index (χ3n) is 1.20. The highest BCUT2D eigenvalue weighted by atomic mass is 35.5. The quantitative estimate of drug-likeness (QED) is 0.435. The highest BCUT2D eigenvalue weighted by Crippen LogP contribution is 2.08. The van der Waals surface area contributed by atoms with Crippen LogP contribution in [0.2, 0.25) is 0 Å². The van der Waals surface area contributed by atoms with E-state index in [2.05, 4.69) is 12.0 Å². The fraction of sp³-hybridized carbons (Fsp3) is 0.714. The zero-order valence-corrected chi connectivity index (χ0v) is 8.48. The molecule has 0 unspecified atom stereocenters. The predicted octanol–water partition coefficient (Wildman–Crippen LogP) is 2.20. The average Bonchev–Trinajstić information content (AvgIpc) is 1.90. The van der Waals surface area contributed by atoms with E-state index < -0.39 is 0 Å². The molecule has 0 bridgehead atoms. The van der Waals surface area contributed by atoms with Gasteiger partial charge in [0.15, 0.2) is 0 Å². The van der Waals surface area contributed by atoms with Gasteiger partial charge in [-0.1, -0.05) is 5.92 Å². The van der Waals surface area contributed by atoms with Crippen molar-refractivity contribution >= 4 is 35.6 Å². The average molecular weight is 217 g/mol. The molecular weight excluding hydrogens is 204 g/mol. The Bertz CT molecular complexity index is 121. The summed E-state index contributed by atoms with van der Waals surface area (Å²) in [7, 11) is 0. The Balaban J connectivity index is 0. The van der Waals surface area contributed by atoms with Crippen LogP contribution in [-0.4, -0.2) is 11.8 Å². The van der Waals surface area contributed by atoms with E-state index in [1.165, 1.54) is 0 Å². The molecular formula is C7H12Cl3N. The van der Waals surface area contributed by atoms with Gasteiger partial charge in [0, 0.05) is 23.7 Å². The molecule has 1 nitrogen and oxygen atoms in total. The minimum Gasteiger partial charge on any atom is -0.359 e. The minimum absolute atomic E-state index is 0. The number of alkyl halides is 2. The molecule has 0 aromatic carbocycles. The van der Waals surface area contributed by atoms with Gasteiger partial charge >= 0.3 is 0 Å². The second-order valence-electron chi connectivity index (χ2n) is 1.94. The van der Waals surface area contributed by atoms with Gasteiger partial charge in [-0.2, -0.15) is 0 Å². The van der Waals surface area contributed by atoms with Crippen molar-refractivity contribution in [3.8, 4) is 12.0 Å². The molecule has 0 amide bonds. The predicted molar refractivity (Wildman–Crippen MR) is 53.4 cm³/mol. The van der Waals surface area contributed by atoms with Crippen molar-refractivity contribution in [3.05, 3.63) is 0 Å². The summed E-state index contributed by atoms with van der Waals surface area (Å²) in [4.78, 5) is 0. The van der Waals surface area contributed by atoms with Gasteiger partial charge < -0.3 is 5.73 Å². The van der Waals surface area contributed by atoms with Crippen LogP contribution in [0.3, 0.4) is 0 Å². The Morgan fingerprint density at radius 3 is 1.91 bits per heavy atom. The minimum atomic E-state index is 0. The molecule has 0 rings (SSSR count). The van der Waals surface area contributed by atoms with E-state index in [1.807, 2.05) is 0 Å². The van der Waals surface area contributed by atoms with E-state index in [-0.39, 0.29) is 18.3 Å². The van der Waals surface area contributed by atoms with Gasteiger partial charge in [0.2, 0.25) is 0 Å². The molecule has 0 radical (unpaired) electrons. The Morgan fingerprint density at radius 2 is 1.64 bits per heavy atom. The maximum absolute atomic E-state index is 5.52. The van der Waals surface area contributed by atoms with Gasteiger partial charge in [0.05, 0.1) is 0 Å². The van der Waals surface area contributed by atoms with Crippen LogP contribution < -0.4 is 5.73 Å². The molecule has 11 heavy (non-hydrogen) atoms. The van der Waals surface area contributed by atoms with E-state index in [1.54, 1.807) is 0 Å². The highest BCUT2D eigenvalue weighted by Gasteiger charge is 2.01. The topological polar surface area (TPSA) is 26.0 Å². The molecule has 0 aromatic rings. The van der Waals surface area contributed by atoms with E-state index in [9.17, 15) is 0 Å². The first-order chi connectivity index (χ1) is 4.85. The third-order valence-corrected chi connectivity index (χ3v) is 1.64. The summed E-state index contributed by atoms with van der Waals surface area (Å²) in [6, 6.07) is 2.37. The molecule has 0 saturated heterocycles. The standard InChI is InChI=1S/C7H11Cl2N.ClH/c8-4-1-7(2-5-9)3-6-10;/h7H,1-2,4-5,10H2;1H. The molecule has 0 heterocycles. The number of rotatable bonds is 4. The lowest BCUT2D eigenvalue weighted by Gasteiger charge is -2.03. The van der Waals surface area contributed by atoms with Crippen molar-refractivity contribution in [2.75, 3.05) is 11.8 Å². The summed E-state index contributed by atoms with van der Waals surface area (Å²) >= 11 is 11.0. The normalized spacial score (nSPS) is 8.27. The second-order valence-corrected chi connectivity index (χ2v) is 2.70. The molecule has 0 aromatic heterocycles. The molecule has 4 heteroatoms. The fourth-order valence-electron chi connectivity index (χ4n) is 0.670. The first kappa shape index (κ1) is 13.8. The fourth-order valence-corrected chi connectivity index (χ4v) is 1.20. The molecule has 0 aliphatic heterocycles. The van der Waals surface area contributed by atoms with Crippen molar-refractivity contribution in [2.24, 2.45) is 11.7 Å². The number of hydrogen-bond donors (Lipinski definition) is 1. The molecule has 2 N–H and O–H groups in total. The Morgan fingerprint density at radius 1 is 1.18 bits per heavy atom. The highest BCUT2D eigenvalue weighted by molar-refractivity contribution is 6.18. The van der Waals surface area contributed by atoms with Crippen LogP contribution in [0.15, 0.2) is 0 Å². The summed E-state index contributed by atoms with van der Waals surface area (Å²) < 4.78 is 0. The van der Waals surface area contributed by atoms with Crippen LogP contribution in [-0.2, 0) is 0 Å². The smallest absolute Gasteiger partial charge is 0.0243 e. The number of halogens is 3. The van der Waals surface area contributed by atoms with Gasteiger partial charge in [0.25, 0.3) is 0 Å². The van der Waals surface area contributed by atoms with Crippen LogP contribution in [0.4, 0.5) is 0 Å². The van der Waals surface area contributed by atoms with Crippen molar-refractivity contribution in [2.45, 2.75) is 12.8 Å². The summed E-state index contributed by atoms with van der Waals surface area (Å²) in [6.07, 6.45) is 1.75. The lowest BCUT2D eigenvalue weighted by atomic mass is 10.1. The van der Waals surface area contributed by atoms with E-state index >= 15 is 0 Å². The molecule has 0 aliphatic carbocycles. The Hall–Kier alpha value is 0.230. The van der Waals surface area contributed by atoms with Crippen LogP contribution >= 0.6 is 35.6 Å². The van der Waals surface area contributed by atoms with E-state index in [4.69, 9.17) is 28.9 Å². The van der Waals surface area contributed by atoms with E-state index in [0.29, 0.717) is 11.8 Å². The molecule has 0 saturated carbocycles. The van der Waals surface area contributed by atoms with Crippen molar-refractivity contribution in [1.29, 1.82) is 0 Å².